The summed E-state index contributed by atoms with van der Waals surface area (Å²) in [6, 6.07) is 8.23. The van der Waals surface area contributed by atoms with Crippen LogP contribution in [0.3, 0.4) is 0 Å². The zero-order chi connectivity index (χ0) is 19.7. The standard InChI is InChI=1S/C19H23ClN4O3/c1-11-8-18(15(20)9-17(11)25)27-10-14-13(12-6-7-12)4-3-5-16(14)24(22)19(26)23(2)21/h3-5,8-9,12,25H,6-7,10,21-22H2,1-2H3. The number of nitrogens with two attached hydrogens (primary N) is 2. The summed E-state index contributed by atoms with van der Waals surface area (Å²) in [5.74, 6) is 12.6. The monoisotopic (exact) mass is 390 g/mol. The first-order valence-corrected chi connectivity index (χ1v) is 8.98. The minimum atomic E-state index is -0.539. The Morgan fingerprint density at radius 3 is 2.67 bits per heavy atom. The number of anilines is 1. The second-order valence-corrected chi connectivity index (χ2v) is 7.15. The Labute approximate surface area is 163 Å². The molecule has 1 saturated carbocycles. The fraction of sp³-hybridized carbons (Fsp3) is 0.316. The second-order valence-electron chi connectivity index (χ2n) is 6.74. The zero-order valence-corrected chi connectivity index (χ0v) is 16.0. The molecule has 0 aliphatic heterocycles. The Morgan fingerprint density at radius 2 is 2.04 bits per heavy atom. The molecule has 0 bridgehead atoms. The number of carbonyl (C=O) groups excluding carboxylic acids is 1. The maximum atomic E-state index is 12.2. The van der Waals surface area contributed by atoms with Crippen molar-refractivity contribution in [3.8, 4) is 11.5 Å². The van der Waals surface area contributed by atoms with Gasteiger partial charge in [0.05, 0.1) is 10.7 Å². The third-order valence-electron chi connectivity index (χ3n) is 4.59. The van der Waals surface area contributed by atoms with Gasteiger partial charge in [-0.25, -0.2) is 21.5 Å². The molecule has 1 aliphatic carbocycles. The van der Waals surface area contributed by atoms with Crippen LogP contribution in [0.4, 0.5) is 10.5 Å². The highest BCUT2D eigenvalue weighted by molar-refractivity contribution is 6.32. The number of hydrazine groups is 2. The van der Waals surface area contributed by atoms with Crippen molar-refractivity contribution < 1.29 is 14.6 Å². The number of aromatic hydroxyl groups is 1. The Balaban J connectivity index is 1.93. The molecule has 0 aromatic heterocycles. The van der Waals surface area contributed by atoms with Crippen LogP contribution < -0.4 is 21.4 Å². The first-order valence-electron chi connectivity index (χ1n) is 8.60. The lowest BCUT2D eigenvalue weighted by Crippen LogP contribution is -2.49. The number of nitrogens with zero attached hydrogens (tertiary/aromatic N) is 2. The van der Waals surface area contributed by atoms with Crippen LogP contribution >= 0.6 is 11.6 Å². The minimum Gasteiger partial charge on any atom is -0.508 e. The Hall–Kier alpha value is -2.48. The number of amides is 2. The molecular formula is C19H23ClN4O3. The second kappa shape index (κ2) is 7.64. The van der Waals surface area contributed by atoms with Gasteiger partial charge in [0, 0.05) is 18.7 Å². The highest BCUT2D eigenvalue weighted by atomic mass is 35.5. The molecule has 1 aliphatic rings. The van der Waals surface area contributed by atoms with Gasteiger partial charge in [0.15, 0.2) is 0 Å². The molecule has 2 amide bonds. The molecule has 2 aromatic rings. The quantitative estimate of drug-likeness (QED) is 0.412. The van der Waals surface area contributed by atoms with Gasteiger partial charge in [0.2, 0.25) is 0 Å². The molecular weight excluding hydrogens is 368 g/mol. The zero-order valence-electron chi connectivity index (χ0n) is 15.3. The molecule has 8 heteroatoms. The van der Waals surface area contributed by atoms with Crippen LogP contribution in [0, 0.1) is 6.92 Å². The number of urea groups is 1. The SMILES string of the molecule is Cc1cc(OCc2c(C3CC3)cccc2N(N)C(=O)N(C)N)c(Cl)cc1O. The largest absolute Gasteiger partial charge is 0.508 e. The van der Waals surface area contributed by atoms with Gasteiger partial charge in [-0.05, 0) is 48.9 Å². The molecule has 3 rings (SSSR count). The van der Waals surface area contributed by atoms with Gasteiger partial charge < -0.3 is 9.84 Å². The maximum Gasteiger partial charge on any atom is 0.352 e. The Kier molecular flexibility index (Phi) is 5.46. The predicted molar refractivity (Wildman–Crippen MR) is 105 cm³/mol. The molecule has 0 radical (unpaired) electrons. The van der Waals surface area contributed by atoms with Crippen molar-refractivity contribution in [1.82, 2.24) is 5.01 Å². The number of benzene rings is 2. The van der Waals surface area contributed by atoms with Crippen LogP contribution in [0.1, 0.15) is 35.4 Å². The summed E-state index contributed by atoms with van der Waals surface area (Å²) in [6.45, 7) is 1.95. The number of ether oxygens (including phenoxy) is 1. The molecule has 1 fully saturated rings. The molecule has 0 spiro atoms. The summed E-state index contributed by atoms with van der Waals surface area (Å²) < 4.78 is 5.93. The number of phenols is 1. The topological polar surface area (TPSA) is 105 Å². The molecule has 5 N–H and O–H groups in total. The van der Waals surface area contributed by atoms with E-state index < -0.39 is 6.03 Å². The first-order chi connectivity index (χ1) is 12.8. The van der Waals surface area contributed by atoms with E-state index in [4.69, 9.17) is 28.0 Å². The summed E-state index contributed by atoms with van der Waals surface area (Å²) in [4.78, 5) is 12.2. The van der Waals surface area contributed by atoms with E-state index in [2.05, 4.69) is 0 Å². The lowest BCUT2D eigenvalue weighted by molar-refractivity contribution is 0.216. The first kappa shape index (κ1) is 19.3. The lowest BCUT2D eigenvalue weighted by Gasteiger charge is -2.25. The number of hydrogen-bond donors (Lipinski definition) is 3. The van der Waals surface area contributed by atoms with Crippen molar-refractivity contribution in [2.45, 2.75) is 32.3 Å². The van der Waals surface area contributed by atoms with Gasteiger partial charge in [0.1, 0.15) is 18.1 Å². The van der Waals surface area contributed by atoms with E-state index in [0.717, 1.165) is 34.0 Å². The molecule has 27 heavy (non-hydrogen) atoms. The van der Waals surface area contributed by atoms with Crippen LogP contribution in [0.2, 0.25) is 5.02 Å². The molecule has 0 heterocycles. The predicted octanol–water partition coefficient (Wildman–Crippen LogP) is 3.42. The molecule has 2 aromatic carbocycles. The van der Waals surface area contributed by atoms with Gasteiger partial charge >= 0.3 is 6.03 Å². The molecule has 0 atom stereocenters. The molecule has 144 valence electrons. The van der Waals surface area contributed by atoms with E-state index in [9.17, 15) is 9.90 Å². The number of hydrogen-bond acceptors (Lipinski definition) is 5. The smallest absolute Gasteiger partial charge is 0.352 e. The number of rotatable bonds is 5. The van der Waals surface area contributed by atoms with Crippen LogP contribution in [0.25, 0.3) is 0 Å². The summed E-state index contributed by atoms with van der Waals surface area (Å²) in [6.07, 6.45) is 2.18. The summed E-state index contributed by atoms with van der Waals surface area (Å²) in [5, 5.41) is 12.0. The third kappa shape index (κ3) is 4.10. The van der Waals surface area contributed by atoms with E-state index in [-0.39, 0.29) is 12.4 Å². The van der Waals surface area contributed by atoms with Gasteiger partial charge in [-0.3, -0.25) is 5.01 Å². The Bertz CT molecular complexity index is 868. The van der Waals surface area contributed by atoms with E-state index in [1.165, 1.54) is 13.1 Å². The lowest BCUT2D eigenvalue weighted by atomic mass is 10.0. The van der Waals surface area contributed by atoms with Crippen LogP contribution in [0.5, 0.6) is 11.5 Å². The average molecular weight is 391 g/mol. The number of phenolic OH excluding ortho intramolecular Hbond substituents is 1. The van der Waals surface area contributed by atoms with Gasteiger partial charge in [-0.2, -0.15) is 0 Å². The van der Waals surface area contributed by atoms with Gasteiger partial charge in [-0.15, -0.1) is 0 Å². The summed E-state index contributed by atoms with van der Waals surface area (Å²) in [5.41, 5.74) is 3.11. The van der Waals surface area contributed by atoms with Crippen molar-refractivity contribution in [3.05, 3.63) is 52.0 Å². The van der Waals surface area contributed by atoms with Crippen LogP contribution in [-0.2, 0) is 6.61 Å². The minimum absolute atomic E-state index is 0.108. The van der Waals surface area contributed by atoms with Crippen molar-refractivity contribution in [2.75, 3.05) is 12.1 Å². The normalized spacial score (nSPS) is 13.4. The average Bonchev–Trinajstić information content (AvgIpc) is 3.47. The van der Waals surface area contributed by atoms with E-state index in [0.29, 0.717) is 27.9 Å². The molecule has 0 saturated heterocycles. The highest BCUT2D eigenvalue weighted by Gasteiger charge is 2.29. The van der Waals surface area contributed by atoms with Crippen molar-refractivity contribution in [1.29, 1.82) is 0 Å². The summed E-state index contributed by atoms with van der Waals surface area (Å²) in [7, 11) is 1.43. The number of halogens is 1. The fourth-order valence-corrected chi connectivity index (χ4v) is 3.14. The van der Waals surface area contributed by atoms with E-state index in [1.807, 2.05) is 12.1 Å². The summed E-state index contributed by atoms with van der Waals surface area (Å²) >= 11 is 6.18. The van der Waals surface area contributed by atoms with Crippen molar-refractivity contribution >= 4 is 23.3 Å². The highest BCUT2D eigenvalue weighted by Crippen LogP contribution is 2.44. The third-order valence-corrected chi connectivity index (χ3v) is 4.89. The van der Waals surface area contributed by atoms with Gasteiger partial charge in [-0.1, -0.05) is 23.7 Å². The maximum absolute atomic E-state index is 12.2. The Morgan fingerprint density at radius 1 is 1.33 bits per heavy atom. The van der Waals surface area contributed by atoms with Gasteiger partial charge in [0.25, 0.3) is 0 Å². The van der Waals surface area contributed by atoms with E-state index >= 15 is 0 Å². The number of carbonyl (C=O) groups is 1. The van der Waals surface area contributed by atoms with Crippen molar-refractivity contribution in [2.24, 2.45) is 11.7 Å². The van der Waals surface area contributed by atoms with Crippen LogP contribution in [-0.4, -0.2) is 23.2 Å². The molecule has 0 unspecified atom stereocenters. The number of aryl methyl sites for hydroxylation is 1. The van der Waals surface area contributed by atoms with E-state index in [1.54, 1.807) is 19.1 Å². The fourth-order valence-electron chi connectivity index (χ4n) is 2.93. The van der Waals surface area contributed by atoms with Crippen LogP contribution in [0.15, 0.2) is 30.3 Å². The van der Waals surface area contributed by atoms with Crippen molar-refractivity contribution in [3.63, 3.8) is 0 Å². The molecule has 7 nitrogen and oxygen atoms in total.